The summed E-state index contributed by atoms with van der Waals surface area (Å²) in [5, 5.41) is 3.08. The van der Waals surface area contributed by atoms with Crippen molar-refractivity contribution in [3.8, 4) is 18.1 Å². The highest BCUT2D eigenvalue weighted by Gasteiger charge is 2.09. The molecule has 0 spiro atoms. The monoisotopic (exact) mass is 315 g/mol. The maximum absolute atomic E-state index is 11.3. The van der Waals surface area contributed by atoms with E-state index in [1.165, 1.54) is 12.1 Å². The molecule has 1 amide bonds. The number of ether oxygens (including phenoxy) is 2. The van der Waals surface area contributed by atoms with Gasteiger partial charge in [0.05, 0.1) is 11.6 Å². The van der Waals surface area contributed by atoms with Gasteiger partial charge >= 0.3 is 5.97 Å². The number of halogens is 2. The Morgan fingerprint density at radius 3 is 2.70 bits per heavy atom. The van der Waals surface area contributed by atoms with E-state index in [9.17, 15) is 9.59 Å². The Balaban J connectivity index is 2.33. The zero-order valence-corrected chi connectivity index (χ0v) is 11.8. The summed E-state index contributed by atoms with van der Waals surface area (Å²) < 4.78 is 9.81. The van der Waals surface area contributed by atoms with Crippen molar-refractivity contribution in [3.63, 3.8) is 0 Å². The minimum Gasteiger partial charge on any atom is -0.480 e. The number of nitrogens with one attached hydrogen (secondary N) is 1. The Hall–Kier alpha value is -1.90. The molecule has 1 aromatic rings. The molecule has 0 atom stereocenters. The lowest BCUT2D eigenvalue weighted by molar-refractivity contribution is -0.150. The summed E-state index contributed by atoms with van der Waals surface area (Å²) in [6.07, 6.45) is 4.96. The van der Waals surface area contributed by atoms with E-state index in [2.05, 4.69) is 16.0 Å². The molecule has 0 unspecified atom stereocenters. The highest BCUT2D eigenvalue weighted by atomic mass is 35.5. The van der Waals surface area contributed by atoms with Crippen LogP contribution in [0.15, 0.2) is 18.2 Å². The average molecular weight is 316 g/mol. The lowest BCUT2D eigenvalue weighted by Gasteiger charge is -2.08. The molecule has 20 heavy (non-hydrogen) atoms. The van der Waals surface area contributed by atoms with Gasteiger partial charge in [0.15, 0.2) is 13.2 Å². The number of esters is 1. The van der Waals surface area contributed by atoms with Crippen LogP contribution in [0.2, 0.25) is 10.0 Å². The van der Waals surface area contributed by atoms with Crippen LogP contribution >= 0.6 is 23.2 Å². The van der Waals surface area contributed by atoms with Crippen LogP contribution in [0, 0.1) is 12.3 Å². The minimum absolute atomic E-state index is 0.0767. The first kappa shape index (κ1) is 16.2. The van der Waals surface area contributed by atoms with E-state index in [-0.39, 0.29) is 18.2 Å². The molecular formula is C13H11Cl2NO4. The van der Waals surface area contributed by atoms with Crippen LogP contribution in [0.3, 0.4) is 0 Å². The number of hydrogen-bond donors (Lipinski definition) is 1. The molecule has 1 rings (SSSR count). The standard InChI is InChI=1S/C13H11Cl2NO4/c1-2-5-16-12(17)7-20-13(18)8-19-11-4-3-9(14)6-10(11)15/h1,3-4,6H,5,7-8H2,(H,16,17). The third-order valence-electron chi connectivity index (χ3n) is 1.99. The van der Waals surface area contributed by atoms with Gasteiger partial charge in [0, 0.05) is 5.02 Å². The summed E-state index contributed by atoms with van der Waals surface area (Å²) in [5.74, 6) is 1.33. The van der Waals surface area contributed by atoms with E-state index < -0.39 is 18.5 Å². The molecule has 1 aromatic carbocycles. The second-order valence-electron chi connectivity index (χ2n) is 3.50. The summed E-state index contributed by atoms with van der Waals surface area (Å²) >= 11 is 11.6. The molecule has 0 aliphatic carbocycles. The molecule has 0 saturated carbocycles. The second kappa shape index (κ2) is 8.31. The zero-order valence-electron chi connectivity index (χ0n) is 10.3. The summed E-state index contributed by atoms with van der Waals surface area (Å²) in [6.45, 7) is -0.713. The molecule has 0 radical (unpaired) electrons. The first-order valence-electron chi connectivity index (χ1n) is 5.46. The Morgan fingerprint density at radius 1 is 1.30 bits per heavy atom. The summed E-state index contributed by atoms with van der Waals surface area (Å²) in [7, 11) is 0. The maximum Gasteiger partial charge on any atom is 0.344 e. The Labute approximate surface area is 126 Å². The lowest BCUT2D eigenvalue weighted by atomic mass is 10.3. The van der Waals surface area contributed by atoms with E-state index >= 15 is 0 Å². The van der Waals surface area contributed by atoms with Crippen molar-refractivity contribution in [2.45, 2.75) is 0 Å². The van der Waals surface area contributed by atoms with E-state index in [1.807, 2.05) is 0 Å². The Morgan fingerprint density at radius 2 is 2.05 bits per heavy atom. The number of terminal acetylenes is 1. The fraction of sp³-hybridized carbons (Fsp3) is 0.231. The van der Waals surface area contributed by atoms with Crippen LogP contribution in [0.5, 0.6) is 5.75 Å². The molecule has 106 valence electrons. The Bertz CT molecular complexity index is 540. The number of amides is 1. The third kappa shape index (κ3) is 5.83. The number of rotatable bonds is 6. The molecule has 0 fully saturated rings. The molecule has 1 N–H and O–H groups in total. The number of benzene rings is 1. The number of carbonyl (C=O) groups is 2. The summed E-state index contributed by atoms with van der Waals surface area (Å²) in [5.41, 5.74) is 0. The smallest absolute Gasteiger partial charge is 0.344 e. The van der Waals surface area contributed by atoms with E-state index in [4.69, 9.17) is 34.4 Å². The van der Waals surface area contributed by atoms with E-state index in [1.54, 1.807) is 6.07 Å². The molecule has 0 aromatic heterocycles. The van der Waals surface area contributed by atoms with Crippen molar-refractivity contribution in [2.75, 3.05) is 19.8 Å². The van der Waals surface area contributed by atoms with Crippen molar-refractivity contribution in [2.24, 2.45) is 0 Å². The minimum atomic E-state index is -0.702. The first-order valence-corrected chi connectivity index (χ1v) is 6.22. The highest BCUT2D eigenvalue weighted by Crippen LogP contribution is 2.27. The first-order chi connectivity index (χ1) is 9.52. The molecule has 0 aliphatic rings. The topological polar surface area (TPSA) is 64.6 Å². The van der Waals surface area contributed by atoms with Gasteiger partial charge in [0.2, 0.25) is 0 Å². The average Bonchev–Trinajstić information content (AvgIpc) is 2.41. The lowest BCUT2D eigenvalue weighted by Crippen LogP contribution is -2.30. The van der Waals surface area contributed by atoms with Gasteiger partial charge in [0.1, 0.15) is 5.75 Å². The van der Waals surface area contributed by atoms with Gasteiger partial charge in [-0.05, 0) is 18.2 Å². The molecule has 0 saturated heterocycles. The predicted molar refractivity (Wildman–Crippen MR) is 74.8 cm³/mol. The van der Waals surface area contributed by atoms with Crippen molar-refractivity contribution in [3.05, 3.63) is 28.2 Å². The molecule has 0 bridgehead atoms. The van der Waals surface area contributed by atoms with Gasteiger partial charge < -0.3 is 14.8 Å². The summed E-state index contributed by atoms with van der Waals surface area (Å²) in [6, 6.07) is 4.58. The van der Waals surface area contributed by atoms with Crippen LogP contribution in [-0.2, 0) is 14.3 Å². The number of hydrogen-bond acceptors (Lipinski definition) is 4. The number of carbonyl (C=O) groups excluding carboxylic acids is 2. The van der Waals surface area contributed by atoms with Crippen molar-refractivity contribution in [1.29, 1.82) is 0 Å². The highest BCUT2D eigenvalue weighted by molar-refractivity contribution is 6.35. The van der Waals surface area contributed by atoms with E-state index in [0.717, 1.165) is 0 Å². The van der Waals surface area contributed by atoms with Gasteiger partial charge in [-0.3, -0.25) is 4.79 Å². The van der Waals surface area contributed by atoms with Crippen LogP contribution in [0.4, 0.5) is 0 Å². The van der Waals surface area contributed by atoms with E-state index in [0.29, 0.717) is 10.8 Å². The van der Waals surface area contributed by atoms with Crippen molar-refractivity contribution < 1.29 is 19.1 Å². The molecule has 7 heteroatoms. The normalized spacial score (nSPS) is 9.45. The fourth-order valence-electron chi connectivity index (χ4n) is 1.12. The molecule has 0 heterocycles. The molecular weight excluding hydrogens is 305 g/mol. The fourth-order valence-corrected chi connectivity index (χ4v) is 1.58. The van der Waals surface area contributed by atoms with Crippen LogP contribution in [0.25, 0.3) is 0 Å². The second-order valence-corrected chi connectivity index (χ2v) is 4.35. The third-order valence-corrected chi connectivity index (χ3v) is 2.52. The van der Waals surface area contributed by atoms with Gasteiger partial charge in [-0.2, -0.15) is 0 Å². The van der Waals surface area contributed by atoms with Gasteiger partial charge in [-0.25, -0.2) is 4.79 Å². The summed E-state index contributed by atoms with van der Waals surface area (Å²) in [4.78, 5) is 22.4. The van der Waals surface area contributed by atoms with Gasteiger partial charge in [-0.1, -0.05) is 29.1 Å². The maximum atomic E-state index is 11.3. The Kier molecular flexibility index (Phi) is 6.71. The van der Waals surface area contributed by atoms with Crippen LogP contribution in [-0.4, -0.2) is 31.6 Å². The van der Waals surface area contributed by atoms with Crippen LogP contribution in [0.1, 0.15) is 0 Å². The molecule has 5 nitrogen and oxygen atoms in total. The quantitative estimate of drug-likeness (QED) is 0.640. The van der Waals surface area contributed by atoms with Crippen LogP contribution < -0.4 is 10.1 Å². The van der Waals surface area contributed by atoms with Crippen molar-refractivity contribution in [1.82, 2.24) is 5.32 Å². The van der Waals surface area contributed by atoms with Gasteiger partial charge in [-0.15, -0.1) is 6.42 Å². The zero-order chi connectivity index (χ0) is 15.0. The molecule has 0 aliphatic heterocycles. The van der Waals surface area contributed by atoms with Crippen molar-refractivity contribution >= 4 is 35.1 Å². The largest absolute Gasteiger partial charge is 0.480 e. The van der Waals surface area contributed by atoms with Gasteiger partial charge in [0.25, 0.3) is 5.91 Å². The predicted octanol–water partition coefficient (Wildman–Crippen LogP) is 1.66. The SMILES string of the molecule is C#CCNC(=O)COC(=O)COc1ccc(Cl)cc1Cl.